The highest BCUT2D eigenvalue weighted by molar-refractivity contribution is 6.42. The standard InChI is InChI=1S/C25H23NO4/c27-25(28)24(26-29)23-10-4-2-7-19(23)16-30-20-14-12-18(13-15-20)22-11-5-8-17-6-1-3-9-21(17)22/h1-4,6-7,9-10,12-15,22,29H,5,8,11,16H2,(H,27,28)/b26-24+. The van der Waals surface area contributed by atoms with Gasteiger partial charge in [0.15, 0.2) is 5.71 Å². The van der Waals surface area contributed by atoms with Gasteiger partial charge in [0.2, 0.25) is 0 Å². The van der Waals surface area contributed by atoms with Crippen molar-refractivity contribution in [3.8, 4) is 5.75 Å². The summed E-state index contributed by atoms with van der Waals surface area (Å²) in [5.41, 5.74) is 4.69. The number of nitrogens with zero attached hydrogens (tertiary/aromatic N) is 1. The Morgan fingerprint density at radius 3 is 2.50 bits per heavy atom. The largest absolute Gasteiger partial charge is 0.489 e. The first-order valence-corrected chi connectivity index (χ1v) is 10.0. The maximum absolute atomic E-state index is 11.3. The Balaban J connectivity index is 1.49. The SMILES string of the molecule is O=C(O)/C(=N/O)c1ccccc1COc1ccc(C2CCCc3ccccc32)cc1. The third-order valence-corrected chi connectivity index (χ3v) is 5.62. The summed E-state index contributed by atoms with van der Waals surface area (Å²) in [5.74, 6) is -0.179. The van der Waals surface area contributed by atoms with Crippen LogP contribution < -0.4 is 4.74 Å². The lowest BCUT2D eigenvalue weighted by molar-refractivity contribution is -0.129. The number of aryl methyl sites for hydroxylation is 1. The Hall–Kier alpha value is -3.60. The molecular formula is C25H23NO4. The number of hydrogen-bond acceptors (Lipinski definition) is 4. The van der Waals surface area contributed by atoms with Gasteiger partial charge in [0.05, 0.1) is 0 Å². The number of carboxylic acids is 1. The maximum atomic E-state index is 11.3. The number of aliphatic carboxylic acids is 1. The number of carbonyl (C=O) groups is 1. The van der Waals surface area contributed by atoms with Crippen molar-refractivity contribution in [1.82, 2.24) is 0 Å². The Bertz CT molecular complexity index is 1070. The molecule has 1 atom stereocenters. The highest BCUT2D eigenvalue weighted by Gasteiger charge is 2.21. The molecule has 1 unspecified atom stereocenters. The first-order valence-electron chi connectivity index (χ1n) is 10.0. The van der Waals surface area contributed by atoms with Crippen molar-refractivity contribution in [2.24, 2.45) is 5.16 Å². The van der Waals surface area contributed by atoms with E-state index in [-0.39, 0.29) is 6.61 Å². The summed E-state index contributed by atoms with van der Waals surface area (Å²) >= 11 is 0. The molecule has 0 heterocycles. The number of hydrogen-bond donors (Lipinski definition) is 2. The molecule has 0 fully saturated rings. The van der Waals surface area contributed by atoms with Gasteiger partial charge in [-0.25, -0.2) is 4.79 Å². The van der Waals surface area contributed by atoms with Crippen molar-refractivity contribution in [3.63, 3.8) is 0 Å². The lowest BCUT2D eigenvalue weighted by Gasteiger charge is -2.26. The minimum atomic E-state index is -1.29. The molecule has 5 nitrogen and oxygen atoms in total. The van der Waals surface area contributed by atoms with Crippen molar-refractivity contribution in [3.05, 3.63) is 101 Å². The maximum Gasteiger partial charge on any atom is 0.358 e. The molecule has 0 amide bonds. The Morgan fingerprint density at radius 1 is 1.00 bits per heavy atom. The van der Waals surface area contributed by atoms with Gasteiger partial charge in [-0.15, -0.1) is 0 Å². The third-order valence-electron chi connectivity index (χ3n) is 5.62. The summed E-state index contributed by atoms with van der Waals surface area (Å²) in [7, 11) is 0. The normalized spacial score (nSPS) is 16.0. The lowest BCUT2D eigenvalue weighted by atomic mass is 9.79. The minimum Gasteiger partial charge on any atom is -0.489 e. The zero-order chi connectivity index (χ0) is 20.9. The zero-order valence-corrected chi connectivity index (χ0v) is 16.5. The Kier molecular flexibility index (Phi) is 5.80. The van der Waals surface area contributed by atoms with Crippen LogP contribution in [-0.2, 0) is 17.8 Å². The quantitative estimate of drug-likeness (QED) is 0.346. The summed E-state index contributed by atoms with van der Waals surface area (Å²) in [6.45, 7) is 0.175. The van der Waals surface area contributed by atoms with E-state index in [2.05, 4.69) is 41.6 Å². The Labute approximate surface area is 175 Å². The van der Waals surface area contributed by atoms with Crippen LogP contribution >= 0.6 is 0 Å². The van der Waals surface area contributed by atoms with Gasteiger partial charge >= 0.3 is 5.97 Å². The molecule has 4 rings (SSSR count). The van der Waals surface area contributed by atoms with Gasteiger partial charge in [0.25, 0.3) is 0 Å². The topological polar surface area (TPSA) is 79.1 Å². The monoisotopic (exact) mass is 401 g/mol. The molecule has 2 N–H and O–H groups in total. The van der Waals surface area contributed by atoms with Crippen molar-refractivity contribution in [1.29, 1.82) is 0 Å². The summed E-state index contributed by atoms with van der Waals surface area (Å²) in [6, 6.07) is 23.6. The van der Waals surface area contributed by atoms with Crippen LogP contribution in [0.3, 0.4) is 0 Å². The molecule has 0 radical (unpaired) electrons. The average molecular weight is 401 g/mol. The van der Waals surface area contributed by atoms with Crippen LogP contribution in [0.2, 0.25) is 0 Å². The zero-order valence-electron chi connectivity index (χ0n) is 16.5. The molecule has 0 aliphatic heterocycles. The third kappa shape index (κ3) is 4.06. The number of rotatable bonds is 6. The van der Waals surface area contributed by atoms with E-state index in [0.29, 0.717) is 22.8 Å². The molecular weight excluding hydrogens is 378 g/mol. The van der Waals surface area contributed by atoms with Gasteiger partial charge in [-0.2, -0.15) is 0 Å². The predicted octanol–water partition coefficient (Wildman–Crippen LogP) is 5.00. The van der Waals surface area contributed by atoms with Crippen LogP contribution in [0.4, 0.5) is 0 Å². The van der Waals surface area contributed by atoms with E-state index in [0.717, 1.165) is 12.8 Å². The van der Waals surface area contributed by atoms with Gasteiger partial charge in [-0.05, 0) is 53.6 Å². The highest BCUT2D eigenvalue weighted by atomic mass is 16.5. The van der Waals surface area contributed by atoms with Gasteiger partial charge in [-0.3, -0.25) is 0 Å². The fourth-order valence-corrected chi connectivity index (χ4v) is 4.15. The van der Waals surface area contributed by atoms with E-state index < -0.39 is 11.7 Å². The fourth-order valence-electron chi connectivity index (χ4n) is 4.15. The second-order valence-electron chi connectivity index (χ2n) is 7.41. The van der Waals surface area contributed by atoms with E-state index >= 15 is 0 Å². The van der Waals surface area contributed by atoms with Gasteiger partial charge < -0.3 is 15.1 Å². The molecule has 1 aliphatic carbocycles. The van der Waals surface area contributed by atoms with E-state index in [4.69, 9.17) is 9.94 Å². The van der Waals surface area contributed by atoms with E-state index in [1.807, 2.05) is 12.1 Å². The summed E-state index contributed by atoms with van der Waals surface area (Å²) in [5, 5.41) is 21.2. The van der Waals surface area contributed by atoms with Crippen LogP contribution in [-0.4, -0.2) is 22.0 Å². The number of fused-ring (bicyclic) bond motifs is 1. The van der Waals surface area contributed by atoms with Gasteiger partial charge in [0, 0.05) is 11.5 Å². The molecule has 5 heteroatoms. The van der Waals surface area contributed by atoms with Gasteiger partial charge in [0.1, 0.15) is 12.4 Å². The summed E-state index contributed by atoms with van der Waals surface area (Å²) in [6.07, 6.45) is 3.47. The van der Waals surface area contributed by atoms with E-state index in [9.17, 15) is 9.90 Å². The second-order valence-corrected chi connectivity index (χ2v) is 7.41. The van der Waals surface area contributed by atoms with Crippen molar-refractivity contribution < 1.29 is 19.8 Å². The minimum absolute atomic E-state index is 0.175. The number of ether oxygens (including phenoxy) is 1. The smallest absolute Gasteiger partial charge is 0.358 e. The predicted molar refractivity (Wildman–Crippen MR) is 114 cm³/mol. The molecule has 0 saturated carbocycles. The van der Waals surface area contributed by atoms with Crippen molar-refractivity contribution in [2.45, 2.75) is 31.8 Å². The molecule has 1 aliphatic rings. The molecule has 152 valence electrons. The van der Waals surface area contributed by atoms with Crippen LogP contribution in [0.15, 0.2) is 78.0 Å². The molecule has 0 aromatic heterocycles. The molecule has 3 aromatic carbocycles. The lowest BCUT2D eigenvalue weighted by Crippen LogP contribution is -2.17. The van der Waals surface area contributed by atoms with E-state index in [1.165, 1.54) is 23.1 Å². The Morgan fingerprint density at radius 2 is 1.73 bits per heavy atom. The summed E-state index contributed by atoms with van der Waals surface area (Å²) < 4.78 is 5.89. The molecule has 0 saturated heterocycles. The fraction of sp³-hybridized carbons (Fsp3) is 0.200. The number of benzene rings is 3. The molecule has 0 spiro atoms. The van der Waals surface area contributed by atoms with Gasteiger partial charge in [-0.1, -0.05) is 65.8 Å². The summed E-state index contributed by atoms with van der Waals surface area (Å²) in [4.78, 5) is 11.3. The highest BCUT2D eigenvalue weighted by Crippen LogP contribution is 2.37. The number of carboxylic acid groups (broad SMARTS) is 1. The first kappa shape index (κ1) is 19.7. The van der Waals surface area contributed by atoms with Crippen molar-refractivity contribution in [2.75, 3.05) is 0 Å². The van der Waals surface area contributed by atoms with Crippen LogP contribution in [0.25, 0.3) is 0 Å². The number of oxime groups is 1. The van der Waals surface area contributed by atoms with Crippen molar-refractivity contribution >= 4 is 11.7 Å². The molecule has 0 bridgehead atoms. The second kappa shape index (κ2) is 8.82. The average Bonchev–Trinajstić information content (AvgIpc) is 2.79. The molecule has 3 aromatic rings. The van der Waals surface area contributed by atoms with Crippen LogP contribution in [0, 0.1) is 0 Å². The van der Waals surface area contributed by atoms with E-state index in [1.54, 1.807) is 24.3 Å². The first-order chi connectivity index (χ1) is 14.7. The van der Waals surface area contributed by atoms with Crippen LogP contribution in [0.5, 0.6) is 5.75 Å². The van der Waals surface area contributed by atoms with Crippen LogP contribution in [0.1, 0.15) is 46.6 Å². The molecule has 30 heavy (non-hydrogen) atoms.